The smallest absolute Gasteiger partial charge is 0.191 e. The van der Waals surface area contributed by atoms with E-state index in [1.807, 2.05) is 12.1 Å². The monoisotopic (exact) mass is 520 g/mol. The van der Waals surface area contributed by atoms with Gasteiger partial charge in [0.25, 0.3) is 0 Å². The maximum absolute atomic E-state index is 10.2. The molecule has 1 aliphatic rings. The van der Waals surface area contributed by atoms with Crippen LogP contribution in [0.1, 0.15) is 39.2 Å². The molecule has 0 atom stereocenters. The summed E-state index contributed by atoms with van der Waals surface area (Å²) in [5.41, 5.74) is 0.747. The Kier molecular flexibility index (Phi) is 12.3. The Labute approximate surface area is 192 Å². The van der Waals surface area contributed by atoms with Crippen LogP contribution < -0.4 is 15.4 Å². The highest BCUT2D eigenvalue weighted by atomic mass is 127. The van der Waals surface area contributed by atoms with Crippen molar-refractivity contribution in [3.8, 4) is 11.5 Å². The van der Waals surface area contributed by atoms with Crippen LogP contribution >= 0.6 is 24.0 Å². The van der Waals surface area contributed by atoms with Gasteiger partial charge in [0, 0.05) is 37.8 Å². The molecule has 3 N–H and O–H groups in total. The SMILES string of the molecule is CCNC(=NCc1cccc(OC)c1O)NC1CCN(CCOC(C)C)CC1.I. The average Bonchev–Trinajstić information content (AvgIpc) is 2.68. The first-order chi connectivity index (χ1) is 13.5. The fraction of sp³-hybridized carbons (Fsp3) is 0.667. The summed E-state index contributed by atoms with van der Waals surface area (Å²) in [6, 6.07) is 5.87. The van der Waals surface area contributed by atoms with Crippen molar-refractivity contribution >= 4 is 29.9 Å². The number of ether oxygens (including phenoxy) is 2. The van der Waals surface area contributed by atoms with E-state index in [0.717, 1.165) is 57.2 Å². The fourth-order valence-electron chi connectivity index (χ4n) is 3.26. The lowest BCUT2D eigenvalue weighted by molar-refractivity contribution is 0.0532. The molecule has 0 aromatic heterocycles. The van der Waals surface area contributed by atoms with Crippen molar-refractivity contribution in [2.45, 2.75) is 52.3 Å². The molecule has 1 aromatic carbocycles. The van der Waals surface area contributed by atoms with E-state index in [1.165, 1.54) is 0 Å². The van der Waals surface area contributed by atoms with E-state index in [9.17, 15) is 5.11 Å². The van der Waals surface area contributed by atoms with Crippen molar-refractivity contribution in [2.24, 2.45) is 4.99 Å². The van der Waals surface area contributed by atoms with Crippen LogP contribution in [-0.4, -0.2) is 68.0 Å². The molecular formula is C21H37IN4O3. The molecule has 0 amide bonds. The maximum atomic E-state index is 10.2. The zero-order valence-corrected chi connectivity index (χ0v) is 20.4. The van der Waals surface area contributed by atoms with Crippen molar-refractivity contribution in [1.29, 1.82) is 0 Å². The number of hydrogen-bond acceptors (Lipinski definition) is 5. The molecule has 1 aliphatic heterocycles. The number of phenols is 1. The van der Waals surface area contributed by atoms with Gasteiger partial charge in [-0.3, -0.25) is 0 Å². The molecule has 0 unspecified atom stereocenters. The van der Waals surface area contributed by atoms with Crippen LogP contribution in [0, 0.1) is 0 Å². The molecule has 0 spiro atoms. The number of phenolic OH excluding ortho intramolecular Hbond substituents is 1. The van der Waals surface area contributed by atoms with Gasteiger partial charge in [-0.25, -0.2) is 4.99 Å². The topological polar surface area (TPSA) is 78.4 Å². The minimum absolute atomic E-state index is 0. The van der Waals surface area contributed by atoms with Gasteiger partial charge in [0.05, 0.1) is 26.4 Å². The van der Waals surface area contributed by atoms with Gasteiger partial charge in [0.2, 0.25) is 0 Å². The van der Waals surface area contributed by atoms with Gasteiger partial charge in [-0.05, 0) is 39.7 Å². The number of nitrogens with one attached hydrogen (secondary N) is 2. The standard InChI is InChI=1S/C21H36N4O3.HI/c1-5-22-21(23-15-17-7-6-8-19(27-4)20(17)26)24-18-9-11-25(12-10-18)13-14-28-16(2)3;/h6-8,16,18,26H,5,9-15H2,1-4H3,(H2,22,23,24);1H. The highest BCUT2D eigenvalue weighted by Gasteiger charge is 2.20. The third kappa shape index (κ3) is 8.96. The van der Waals surface area contributed by atoms with Crippen molar-refractivity contribution in [3.05, 3.63) is 23.8 Å². The maximum Gasteiger partial charge on any atom is 0.191 e. The fourth-order valence-corrected chi connectivity index (χ4v) is 3.26. The van der Waals surface area contributed by atoms with E-state index in [2.05, 4.69) is 41.3 Å². The van der Waals surface area contributed by atoms with Crippen LogP contribution in [0.3, 0.4) is 0 Å². The number of para-hydroxylation sites is 1. The molecule has 1 saturated heterocycles. The lowest BCUT2D eigenvalue weighted by Crippen LogP contribution is -2.49. The van der Waals surface area contributed by atoms with Crippen molar-refractivity contribution in [1.82, 2.24) is 15.5 Å². The number of aromatic hydroxyl groups is 1. The highest BCUT2D eigenvalue weighted by Crippen LogP contribution is 2.29. The van der Waals surface area contributed by atoms with Gasteiger partial charge in [-0.1, -0.05) is 12.1 Å². The predicted molar refractivity (Wildman–Crippen MR) is 129 cm³/mol. The van der Waals surface area contributed by atoms with Crippen LogP contribution in [0.2, 0.25) is 0 Å². The van der Waals surface area contributed by atoms with E-state index in [0.29, 0.717) is 24.4 Å². The summed E-state index contributed by atoms with van der Waals surface area (Å²) >= 11 is 0. The van der Waals surface area contributed by atoms with Crippen LogP contribution in [0.15, 0.2) is 23.2 Å². The number of rotatable bonds is 9. The Balaban J connectivity index is 0.00000420. The van der Waals surface area contributed by atoms with Crippen molar-refractivity contribution in [3.63, 3.8) is 0 Å². The number of hydrogen-bond donors (Lipinski definition) is 3. The zero-order valence-electron chi connectivity index (χ0n) is 18.1. The van der Waals surface area contributed by atoms with E-state index in [1.54, 1.807) is 13.2 Å². The Morgan fingerprint density at radius 2 is 2.03 bits per heavy atom. The first-order valence-electron chi connectivity index (χ1n) is 10.3. The molecule has 1 aromatic rings. The molecule has 0 saturated carbocycles. The second-order valence-corrected chi connectivity index (χ2v) is 7.34. The highest BCUT2D eigenvalue weighted by molar-refractivity contribution is 14.0. The average molecular weight is 520 g/mol. The van der Waals surface area contributed by atoms with Crippen LogP contribution in [-0.2, 0) is 11.3 Å². The number of methoxy groups -OCH3 is 1. The van der Waals surface area contributed by atoms with Gasteiger partial charge in [0.1, 0.15) is 0 Å². The third-order valence-corrected chi connectivity index (χ3v) is 4.84. The van der Waals surface area contributed by atoms with E-state index in [4.69, 9.17) is 9.47 Å². The van der Waals surface area contributed by atoms with Gasteiger partial charge in [-0.15, -0.1) is 24.0 Å². The minimum Gasteiger partial charge on any atom is -0.504 e. The molecule has 0 aliphatic carbocycles. The Morgan fingerprint density at radius 1 is 1.31 bits per heavy atom. The largest absolute Gasteiger partial charge is 0.504 e. The van der Waals surface area contributed by atoms with E-state index < -0.39 is 0 Å². The van der Waals surface area contributed by atoms with Crippen LogP contribution in [0.4, 0.5) is 0 Å². The number of guanidine groups is 1. The molecule has 8 heteroatoms. The molecule has 2 rings (SSSR count). The molecule has 7 nitrogen and oxygen atoms in total. The molecule has 1 heterocycles. The van der Waals surface area contributed by atoms with Gasteiger partial charge >= 0.3 is 0 Å². The minimum atomic E-state index is 0. The number of likely N-dealkylation sites (tertiary alicyclic amines) is 1. The summed E-state index contributed by atoms with van der Waals surface area (Å²) in [5.74, 6) is 1.41. The van der Waals surface area contributed by atoms with E-state index in [-0.39, 0.29) is 29.7 Å². The first-order valence-corrected chi connectivity index (χ1v) is 10.3. The second-order valence-electron chi connectivity index (χ2n) is 7.34. The van der Waals surface area contributed by atoms with E-state index >= 15 is 0 Å². The quantitative estimate of drug-likeness (QED) is 0.264. The van der Waals surface area contributed by atoms with Gasteiger partial charge in [0.15, 0.2) is 17.5 Å². The first kappa shape index (κ1) is 25.8. The number of aliphatic imine (C=N–C) groups is 1. The second kappa shape index (κ2) is 13.9. The molecule has 0 bridgehead atoms. The number of piperidine rings is 1. The molecule has 166 valence electrons. The summed E-state index contributed by atoms with van der Waals surface area (Å²) in [6.45, 7) is 11.3. The lowest BCUT2D eigenvalue weighted by atomic mass is 10.1. The molecule has 0 radical (unpaired) electrons. The summed E-state index contributed by atoms with van der Waals surface area (Å²) in [4.78, 5) is 7.10. The van der Waals surface area contributed by atoms with Gasteiger partial charge in [-0.2, -0.15) is 0 Å². The predicted octanol–water partition coefficient (Wildman–Crippen LogP) is 2.96. The van der Waals surface area contributed by atoms with Crippen LogP contribution in [0.25, 0.3) is 0 Å². The lowest BCUT2D eigenvalue weighted by Gasteiger charge is -2.33. The summed E-state index contributed by atoms with van der Waals surface area (Å²) < 4.78 is 10.8. The third-order valence-electron chi connectivity index (χ3n) is 4.84. The molecule has 1 fully saturated rings. The summed E-state index contributed by atoms with van der Waals surface area (Å²) in [7, 11) is 1.55. The number of halogens is 1. The van der Waals surface area contributed by atoms with Crippen molar-refractivity contribution in [2.75, 3.05) is 39.9 Å². The summed E-state index contributed by atoms with van der Waals surface area (Å²) in [6.07, 6.45) is 2.45. The number of nitrogens with zero attached hydrogens (tertiary/aromatic N) is 2. The Morgan fingerprint density at radius 3 is 2.66 bits per heavy atom. The van der Waals surface area contributed by atoms with Gasteiger partial charge < -0.3 is 30.1 Å². The van der Waals surface area contributed by atoms with Crippen molar-refractivity contribution < 1.29 is 14.6 Å². The summed E-state index contributed by atoms with van der Waals surface area (Å²) in [5, 5.41) is 17.1. The number of benzene rings is 1. The normalized spacial score (nSPS) is 15.8. The Hall–Kier alpha value is -1.26. The molecular weight excluding hydrogens is 483 g/mol. The Bertz CT molecular complexity index is 620. The van der Waals surface area contributed by atoms with Crippen LogP contribution in [0.5, 0.6) is 11.5 Å². The molecule has 29 heavy (non-hydrogen) atoms. The zero-order chi connectivity index (χ0) is 20.4.